The summed E-state index contributed by atoms with van der Waals surface area (Å²) in [5, 5.41) is 3.16. The van der Waals surface area contributed by atoms with Crippen molar-refractivity contribution in [2.75, 3.05) is 7.11 Å². The van der Waals surface area contributed by atoms with Crippen molar-refractivity contribution in [3.05, 3.63) is 34.4 Å². The minimum atomic E-state index is -0.481. The maximum atomic E-state index is 12.6. The molecule has 5 rings (SSSR count). The molecule has 4 aliphatic carbocycles. The second-order valence-electron chi connectivity index (χ2n) is 7.81. The van der Waals surface area contributed by atoms with Gasteiger partial charge < -0.3 is 14.5 Å². The minimum Gasteiger partial charge on any atom is -0.469 e. The molecule has 4 aliphatic rings. The Balaban J connectivity index is 1.60. The fourth-order valence-corrected chi connectivity index (χ4v) is 5.66. The molecule has 1 amide bonds. The molecule has 0 aliphatic heterocycles. The van der Waals surface area contributed by atoms with Crippen molar-refractivity contribution < 1.29 is 18.7 Å². The van der Waals surface area contributed by atoms with E-state index in [0.717, 1.165) is 32.1 Å². The quantitative estimate of drug-likeness (QED) is 0.855. The maximum absolute atomic E-state index is 12.6. The third kappa shape index (κ3) is 2.36. The number of hydrogen-bond donors (Lipinski definition) is 1. The molecule has 1 aromatic rings. The molecule has 1 heterocycles. The Kier molecular flexibility index (Phi) is 3.34. The van der Waals surface area contributed by atoms with E-state index in [1.54, 1.807) is 0 Å². The van der Waals surface area contributed by atoms with Crippen LogP contribution < -0.4 is 10.9 Å². The number of carbonyl (C=O) groups is 2. The van der Waals surface area contributed by atoms with E-state index in [9.17, 15) is 14.4 Å². The molecular weight excluding hydrogens is 310 g/mol. The Morgan fingerprint density at radius 1 is 1.21 bits per heavy atom. The van der Waals surface area contributed by atoms with Crippen LogP contribution in [0, 0.1) is 17.3 Å². The third-order valence-electron chi connectivity index (χ3n) is 6.02. The van der Waals surface area contributed by atoms with Crippen LogP contribution >= 0.6 is 0 Å². The molecule has 1 N–H and O–H groups in total. The first-order valence-corrected chi connectivity index (χ1v) is 8.43. The maximum Gasteiger partial charge on any atom is 0.335 e. The first-order valence-electron chi connectivity index (χ1n) is 8.43. The molecular formula is C18H21NO5. The van der Waals surface area contributed by atoms with Gasteiger partial charge in [0.1, 0.15) is 6.26 Å². The lowest BCUT2D eigenvalue weighted by molar-refractivity contribution is -0.171. The molecule has 0 radical (unpaired) electrons. The third-order valence-corrected chi connectivity index (χ3v) is 6.02. The van der Waals surface area contributed by atoms with E-state index in [1.165, 1.54) is 25.5 Å². The van der Waals surface area contributed by atoms with Crippen LogP contribution in [-0.4, -0.2) is 24.5 Å². The monoisotopic (exact) mass is 331 g/mol. The number of methoxy groups -OCH3 is 1. The van der Waals surface area contributed by atoms with Gasteiger partial charge in [-0.3, -0.25) is 9.59 Å². The van der Waals surface area contributed by atoms with Crippen molar-refractivity contribution in [2.45, 2.75) is 44.1 Å². The van der Waals surface area contributed by atoms with Gasteiger partial charge >= 0.3 is 11.6 Å². The van der Waals surface area contributed by atoms with Crippen molar-refractivity contribution in [1.29, 1.82) is 0 Å². The summed E-state index contributed by atoms with van der Waals surface area (Å²) >= 11 is 0. The van der Waals surface area contributed by atoms with E-state index in [1.807, 2.05) is 0 Å². The van der Waals surface area contributed by atoms with Gasteiger partial charge in [-0.1, -0.05) is 0 Å². The minimum absolute atomic E-state index is 0.138. The average molecular weight is 331 g/mol. The highest BCUT2D eigenvalue weighted by molar-refractivity contribution is 5.94. The van der Waals surface area contributed by atoms with E-state index in [-0.39, 0.29) is 17.4 Å². The van der Waals surface area contributed by atoms with Crippen molar-refractivity contribution in [3.63, 3.8) is 0 Å². The Morgan fingerprint density at radius 2 is 1.92 bits per heavy atom. The first kappa shape index (κ1) is 15.4. The van der Waals surface area contributed by atoms with Gasteiger partial charge in [0.05, 0.1) is 18.1 Å². The number of amides is 1. The smallest absolute Gasteiger partial charge is 0.335 e. The Morgan fingerprint density at radius 3 is 2.50 bits per heavy atom. The molecule has 24 heavy (non-hydrogen) atoms. The van der Waals surface area contributed by atoms with Crippen LogP contribution in [0.1, 0.15) is 48.9 Å². The number of esters is 1. The lowest BCUT2D eigenvalue weighted by atomic mass is 9.47. The van der Waals surface area contributed by atoms with Gasteiger partial charge in [-0.25, -0.2) is 4.79 Å². The summed E-state index contributed by atoms with van der Waals surface area (Å²) in [5.74, 6) is 0.528. The zero-order valence-corrected chi connectivity index (χ0v) is 13.7. The summed E-state index contributed by atoms with van der Waals surface area (Å²) in [6, 6.07) is 2.71. The highest BCUT2D eigenvalue weighted by Crippen LogP contribution is 2.62. The first-order chi connectivity index (χ1) is 11.4. The zero-order valence-electron chi connectivity index (χ0n) is 13.7. The molecule has 0 spiro atoms. The molecule has 6 nitrogen and oxygen atoms in total. The Labute approximate surface area is 139 Å². The topological polar surface area (TPSA) is 85.6 Å². The lowest BCUT2D eigenvalue weighted by Gasteiger charge is -2.60. The van der Waals surface area contributed by atoms with Crippen LogP contribution in [0.5, 0.6) is 0 Å². The van der Waals surface area contributed by atoms with Crippen molar-refractivity contribution in [3.8, 4) is 0 Å². The number of ether oxygens (including phenoxy) is 1. The summed E-state index contributed by atoms with van der Waals surface area (Å²) in [7, 11) is 1.44. The van der Waals surface area contributed by atoms with E-state index < -0.39 is 11.0 Å². The van der Waals surface area contributed by atoms with Gasteiger partial charge in [0.15, 0.2) is 0 Å². The second-order valence-corrected chi connectivity index (χ2v) is 7.81. The number of rotatable bonds is 3. The van der Waals surface area contributed by atoms with Crippen LogP contribution in [0.2, 0.25) is 0 Å². The zero-order chi connectivity index (χ0) is 16.9. The van der Waals surface area contributed by atoms with Gasteiger partial charge in [0.2, 0.25) is 0 Å². The van der Waals surface area contributed by atoms with Gasteiger partial charge in [-0.15, -0.1) is 0 Å². The lowest BCUT2D eigenvalue weighted by Crippen LogP contribution is -2.64. The number of carbonyl (C=O) groups excluding carboxylic acids is 2. The molecule has 4 saturated carbocycles. The molecule has 1 aromatic heterocycles. The second kappa shape index (κ2) is 5.19. The van der Waals surface area contributed by atoms with Crippen LogP contribution in [0.4, 0.5) is 0 Å². The molecule has 4 fully saturated rings. The summed E-state index contributed by atoms with van der Waals surface area (Å²) in [6.07, 6.45) is 6.52. The number of hydrogen-bond acceptors (Lipinski definition) is 5. The average Bonchev–Trinajstić information content (AvgIpc) is 2.52. The fourth-order valence-electron chi connectivity index (χ4n) is 5.66. The van der Waals surface area contributed by atoms with E-state index >= 15 is 0 Å². The van der Waals surface area contributed by atoms with Crippen LogP contribution in [0.15, 0.2) is 27.6 Å². The van der Waals surface area contributed by atoms with E-state index in [0.29, 0.717) is 23.8 Å². The molecule has 0 aromatic carbocycles. The Bertz CT molecular complexity index is 718. The Hall–Kier alpha value is -2.11. The van der Waals surface area contributed by atoms with Crippen LogP contribution in [0.25, 0.3) is 0 Å². The summed E-state index contributed by atoms with van der Waals surface area (Å²) in [6.45, 7) is 0. The van der Waals surface area contributed by atoms with Crippen LogP contribution in [0.3, 0.4) is 0 Å². The summed E-state index contributed by atoms with van der Waals surface area (Å²) in [5.41, 5.74) is -0.954. The molecule has 2 atom stereocenters. The van der Waals surface area contributed by atoms with Crippen molar-refractivity contribution in [2.24, 2.45) is 17.3 Å². The SMILES string of the molecule is COC(=O)C12CC3CC(CC(NC(=O)c4ccc(=O)oc4)(C3)C1)C2. The molecule has 6 heteroatoms. The molecule has 0 saturated heterocycles. The van der Waals surface area contributed by atoms with E-state index in [4.69, 9.17) is 9.15 Å². The summed E-state index contributed by atoms with van der Waals surface area (Å²) < 4.78 is 9.87. The predicted octanol–water partition coefficient (Wildman–Crippen LogP) is 1.88. The van der Waals surface area contributed by atoms with Crippen molar-refractivity contribution in [1.82, 2.24) is 5.32 Å². The standard InChI is InChI=1S/C18H21NO5/c1-23-16(22)17-5-11-4-12(6-17)8-18(7-11,10-17)19-15(21)13-2-3-14(20)24-9-13/h2-3,9,11-12H,4-8,10H2,1H3,(H,19,21). The van der Waals surface area contributed by atoms with Gasteiger partial charge in [-0.05, 0) is 56.4 Å². The van der Waals surface area contributed by atoms with E-state index in [2.05, 4.69) is 5.32 Å². The highest BCUT2D eigenvalue weighted by atomic mass is 16.5. The molecule has 4 bridgehead atoms. The van der Waals surface area contributed by atoms with Crippen LogP contribution in [-0.2, 0) is 9.53 Å². The molecule has 128 valence electrons. The van der Waals surface area contributed by atoms with Gasteiger partial charge in [0, 0.05) is 11.6 Å². The predicted molar refractivity (Wildman–Crippen MR) is 84.3 cm³/mol. The largest absolute Gasteiger partial charge is 0.469 e. The van der Waals surface area contributed by atoms with Crippen molar-refractivity contribution >= 4 is 11.9 Å². The highest BCUT2D eigenvalue weighted by Gasteiger charge is 2.61. The summed E-state index contributed by atoms with van der Waals surface area (Å²) in [4.78, 5) is 36.1. The number of nitrogens with one attached hydrogen (secondary N) is 1. The fraction of sp³-hybridized carbons (Fsp3) is 0.611. The van der Waals surface area contributed by atoms with Gasteiger partial charge in [-0.2, -0.15) is 0 Å². The van der Waals surface area contributed by atoms with Gasteiger partial charge in [0.25, 0.3) is 5.91 Å². The normalized spacial score (nSPS) is 36.4. The molecule has 2 unspecified atom stereocenters.